The lowest BCUT2D eigenvalue weighted by molar-refractivity contribution is 0.0957. The van der Waals surface area contributed by atoms with Crippen LogP contribution in [-0.4, -0.2) is 15.9 Å². The Morgan fingerprint density at radius 1 is 1.06 bits per heavy atom. The Labute approximate surface area is 101 Å². The Bertz CT molecular complexity index is 631. The van der Waals surface area contributed by atoms with Crippen LogP contribution in [0.2, 0.25) is 0 Å². The number of aromatic amines is 2. The van der Waals surface area contributed by atoms with Gasteiger partial charge in [-0.3, -0.25) is 25.4 Å². The van der Waals surface area contributed by atoms with Gasteiger partial charge in [-0.05, 0) is 12.1 Å². The number of aromatic nitrogens is 2. The summed E-state index contributed by atoms with van der Waals surface area (Å²) in [6.07, 6.45) is 0. The number of amides is 1. The molecule has 2 rings (SSSR count). The summed E-state index contributed by atoms with van der Waals surface area (Å²) in [5, 5.41) is 0. The number of hydrazine groups is 1. The molecule has 7 nitrogen and oxygen atoms in total. The number of hydrogen-bond donors (Lipinski definition) is 4. The van der Waals surface area contributed by atoms with E-state index in [1.165, 1.54) is 0 Å². The second-order valence-corrected chi connectivity index (χ2v) is 3.45. The molecular formula is C11H10N4O3. The average molecular weight is 246 g/mol. The van der Waals surface area contributed by atoms with Crippen LogP contribution in [0, 0.1) is 0 Å². The molecule has 1 aromatic heterocycles. The third-order valence-electron chi connectivity index (χ3n) is 2.10. The standard InChI is InChI=1S/C11H10N4O3/c16-9-6-8(12-11(18)13-9)10(17)15-14-7-4-2-1-3-5-7/h1-6,14H,(H,15,17)(H2,12,13,16,18). The Hall–Kier alpha value is -2.83. The zero-order valence-electron chi connectivity index (χ0n) is 9.19. The molecule has 0 saturated carbocycles. The second kappa shape index (κ2) is 5.00. The topological polar surface area (TPSA) is 107 Å². The minimum atomic E-state index is -0.729. The summed E-state index contributed by atoms with van der Waals surface area (Å²) in [5.41, 5.74) is 4.20. The first-order valence-electron chi connectivity index (χ1n) is 5.10. The van der Waals surface area contributed by atoms with Gasteiger partial charge in [0.1, 0.15) is 5.69 Å². The van der Waals surface area contributed by atoms with Crippen molar-refractivity contribution in [3.8, 4) is 0 Å². The van der Waals surface area contributed by atoms with E-state index < -0.39 is 17.2 Å². The smallest absolute Gasteiger partial charge is 0.303 e. The van der Waals surface area contributed by atoms with E-state index in [-0.39, 0.29) is 5.69 Å². The molecule has 0 aliphatic rings. The monoisotopic (exact) mass is 246 g/mol. The molecule has 2 aromatic rings. The Balaban J connectivity index is 2.08. The van der Waals surface area contributed by atoms with Gasteiger partial charge in [-0.2, -0.15) is 0 Å². The number of para-hydroxylation sites is 1. The largest absolute Gasteiger partial charge is 0.326 e. The summed E-state index contributed by atoms with van der Waals surface area (Å²) >= 11 is 0. The predicted octanol–water partition coefficient (Wildman–Crippen LogP) is -0.180. The van der Waals surface area contributed by atoms with Crippen LogP contribution in [0.25, 0.3) is 0 Å². The van der Waals surface area contributed by atoms with Crippen LogP contribution in [0.15, 0.2) is 46.0 Å². The van der Waals surface area contributed by atoms with E-state index in [0.29, 0.717) is 5.69 Å². The first kappa shape index (κ1) is 11.6. The molecule has 0 bridgehead atoms. The van der Waals surface area contributed by atoms with Gasteiger partial charge >= 0.3 is 5.69 Å². The van der Waals surface area contributed by atoms with E-state index in [1.54, 1.807) is 24.3 Å². The molecule has 0 unspecified atom stereocenters. The first-order valence-corrected chi connectivity index (χ1v) is 5.10. The molecule has 0 radical (unpaired) electrons. The van der Waals surface area contributed by atoms with Crippen molar-refractivity contribution in [1.29, 1.82) is 0 Å². The van der Waals surface area contributed by atoms with Gasteiger partial charge in [0.15, 0.2) is 0 Å². The first-order chi connectivity index (χ1) is 8.65. The van der Waals surface area contributed by atoms with Gasteiger partial charge < -0.3 is 4.98 Å². The number of H-pyrrole nitrogens is 2. The number of benzene rings is 1. The van der Waals surface area contributed by atoms with Crippen molar-refractivity contribution < 1.29 is 4.79 Å². The van der Waals surface area contributed by atoms with Crippen molar-refractivity contribution in [3.63, 3.8) is 0 Å². The van der Waals surface area contributed by atoms with E-state index in [0.717, 1.165) is 6.07 Å². The van der Waals surface area contributed by atoms with Gasteiger partial charge in [0.2, 0.25) is 0 Å². The Morgan fingerprint density at radius 2 is 1.78 bits per heavy atom. The normalized spacial score (nSPS) is 9.78. The number of carbonyl (C=O) groups is 1. The highest BCUT2D eigenvalue weighted by atomic mass is 16.2. The Kier molecular flexibility index (Phi) is 3.24. The van der Waals surface area contributed by atoms with Crippen molar-refractivity contribution in [2.75, 3.05) is 5.43 Å². The highest BCUT2D eigenvalue weighted by Gasteiger charge is 2.06. The molecule has 7 heteroatoms. The fraction of sp³-hybridized carbons (Fsp3) is 0. The highest BCUT2D eigenvalue weighted by molar-refractivity contribution is 5.92. The summed E-state index contributed by atoms with van der Waals surface area (Å²) < 4.78 is 0. The van der Waals surface area contributed by atoms with Gasteiger partial charge in [-0.1, -0.05) is 18.2 Å². The maximum atomic E-state index is 11.6. The van der Waals surface area contributed by atoms with E-state index in [4.69, 9.17) is 0 Å². The second-order valence-electron chi connectivity index (χ2n) is 3.45. The molecule has 1 heterocycles. The van der Waals surface area contributed by atoms with Crippen molar-refractivity contribution in [3.05, 3.63) is 62.9 Å². The molecule has 0 atom stereocenters. The van der Waals surface area contributed by atoms with Crippen LogP contribution >= 0.6 is 0 Å². The van der Waals surface area contributed by atoms with Crippen LogP contribution in [0.1, 0.15) is 10.5 Å². The number of nitrogens with one attached hydrogen (secondary N) is 4. The third kappa shape index (κ3) is 2.85. The predicted molar refractivity (Wildman–Crippen MR) is 65.2 cm³/mol. The molecule has 1 aromatic carbocycles. The van der Waals surface area contributed by atoms with E-state index in [9.17, 15) is 14.4 Å². The average Bonchev–Trinajstić information content (AvgIpc) is 2.36. The molecule has 4 N–H and O–H groups in total. The summed E-state index contributed by atoms with van der Waals surface area (Å²) in [7, 11) is 0. The van der Waals surface area contributed by atoms with Crippen molar-refractivity contribution in [2.24, 2.45) is 0 Å². The maximum absolute atomic E-state index is 11.6. The minimum absolute atomic E-state index is 0.118. The lowest BCUT2D eigenvalue weighted by Gasteiger charge is -2.07. The molecule has 18 heavy (non-hydrogen) atoms. The van der Waals surface area contributed by atoms with Gasteiger partial charge in [0.05, 0.1) is 5.69 Å². The number of hydrogen-bond acceptors (Lipinski definition) is 4. The van der Waals surface area contributed by atoms with Crippen LogP contribution in [0.3, 0.4) is 0 Å². The molecule has 0 spiro atoms. The zero-order chi connectivity index (χ0) is 13.0. The summed E-state index contributed by atoms with van der Waals surface area (Å²) in [5.74, 6) is -0.609. The molecular weight excluding hydrogens is 236 g/mol. The van der Waals surface area contributed by atoms with Crippen LogP contribution in [0.4, 0.5) is 5.69 Å². The SMILES string of the molecule is O=C(NNc1ccccc1)c1cc(=O)[nH]c(=O)[nH]1. The third-order valence-corrected chi connectivity index (χ3v) is 2.10. The number of carbonyl (C=O) groups excluding carboxylic acids is 1. The van der Waals surface area contributed by atoms with Gasteiger partial charge in [0, 0.05) is 6.07 Å². The lowest BCUT2D eigenvalue weighted by Crippen LogP contribution is -2.34. The van der Waals surface area contributed by atoms with Crippen molar-refractivity contribution >= 4 is 11.6 Å². The molecule has 0 aliphatic carbocycles. The van der Waals surface area contributed by atoms with Gasteiger partial charge in [0.25, 0.3) is 11.5 Å². The molecule has 0 saturated heterocycles. The van der Waals surface area contributed by atoms with Gasteiger partial charge in [-0.15, -0.1) is 0 Å². The molecule has 0 fully saturated rings. The van der Waals surface area contributed by atoms with Crippen LogP contribution in [0.5, 0.6) is 0 Å². The lowest BCUT2D eigenvalue weighted by atomic mass is 10.3. The zero-order valence-corrected chi connectivity index (χ0v) is 9.19. The van der Waals surface area contributed by atoms with E-state index in [1.807, 2.05) is 11.1 Å². The number of anilines is 1. The quantitative estimate of drug-likeness (QED) is 0.563. The molecule has 1 amide bonds. The summed E-state index contributed by atoms with van der Waals surface area (Å²) in [6.45, 7) is 0. The van der Waals surface area contributed by atoms with Crippen LogP contribution < -0.4 is 22.1 Å². The summed E-state index contributed by atoms with van der Waals surface area (Å²) in [4.78, 5) is 37.8. The minimum Gasteiger partial charge on any atom is -0.303 e. The van der Waals surface area contributed by atoms with E-state index in [2.05, 4.69) is 15.8 Å². The van der Waals surface area contributed by atoms with Gasteiger partial charge in [-0.25, -0.2) is 4.79 Å². The molecule has 92 valence electrons. The summed E-state index contributed by atoms with van der Waals surface area (Å²) in [6, 6.07) is 9.93. The van der Waals surface area contributed by atoms with Crippen molar-refractivity contribution in [1.82, 2.24) is 15.4 Å². The van der Waals surface area contributed by atoms with Crippen LogP contribution in [-0.2, 0) is 0 Å². The van der Waals surface area contributed by atoms with E-state index >= 15 is 0 Å². The Morgan fingerprint density at radius 3 is 2.44 bits per heavy atom. The fourth-order valence-corrected chi connectivity index (χ4v) is 1.31. The molecule has 0 aliphatic heterocycles. The van der Waals surface area contributed by atoms with Crippen molar-refractivity contribution in [2.45, 2.75) is 0 Å². The number of rotatable bonds is 3. The maximum Gasteiger partial charge on any atom is 0.326 e. The highest BCUT2D eigenvalue weighted by Crippen LogP contribution is 2.02. The fourth-order valence-electron chi connectivity index (χ4n) is 1.31.